The van der Waals surface area contributed by atoms with Crippen LogP contribution in [0.25, 0.3) is 10.4 Å². The van der Waals surface area contributed by atoms with Gasteiger partial charge in [-0.3, -0.25) is 14.4 Å². The minimum atomic E-state index is -1.02. The molecule has 2 aromatic heterocycles. The molecule has 2 saturated heterocycles. The van der Waals surface area contributed by atoms with Crippen molar-refractivity contribution in [3.05, 3.63) is 59.1 Å². The van der Waals surface area contributed by atoms with Crippen molar-refractivity contribution in [2.75, 3.05) is 37.6 Å². The van der Waals surface area contributed by atoms with Crippen LogP contribution in [-0.2, 0) is 14.3 Å². The number of carbonyl (C=O) groups is 4. The number of nitrogens with one attached hydrogen (secondary N) is 2. The second-order valence-electron chi connectivity index (χ2n) is 15.5. The van der Waals surface area contributed by atoms with Gasteiger partial charge in [0, 0.05) is 39.1 Å². The van der Waals surface area contributed by atoms with E-state index in [2.05, 4.69) is 25.6 Å². The molecule has 2 aliphatic heterocycles. The van der Waals surface area contributed by atoms with Crippen LogP contribution in [0.3, 0.4) is 0 Å². The van der Waals surface area contributed by atoms with E-state index >= 15 is 0 Å². The number of aliphatic hydroxyl groups excluding tert-OH is 1. The number of anilines is 1. The fourth-order valence-electron chi connectivity index (χ4n) is 6.27. The molecule has 3 N–H and O–H groups in total. The van der Waals surface area contributed by atoms with Gasteiger partial charge in [-0.05, 0) is 51.2 Å². The standard InChI is InChI=1S/C37H50N8O6S/c1-22(24-9-11-25(12-10-24)30-23(2)40-21-52-30)41-33(48)28-17-26(46)20-45(28)34(49)31(36(3,4)5)42-32(47)27-18-39-29(19-38-27)43-13-15-44(16-14-43)35(50)51-37(6,7)8/h9-12,18-19,21-22,26,28,31,46H,13-17,20H2,1-8H3,(H,41,48)(H,42,47)/t22-,26+,28-,31+/m0/s1. The number of aromatic nitrogens is 3. The molecule has 280 valence electrons. The van der Waals surface area contributed by atoms with E-state index in [-0.39, 0.29) is 36.7 Å². The molecule has 52 heavy (non-hydrogen) atoms. The Bertz CT molecular complexity index is 1740. The molecule has 2 aliphatic rings. The van der Waals surface area contributed by atoms with Crippen LogP contribution in [0.2, 0.25) is 0 Å². The van der Waals surface area contributed by atoms with Crippen molar-refractivity contribution in [2.24, 2.45) is 5.41 Å². The molecule has 3 aromatic rings. The number of carbonyl (C=O) groups excluding carboxylic acids is 4. The van der Waals surface area contributed by atoms with E-state index in [1.54, 1.807) is 16.2 Å². The number of β-amino-alcohol motifs (C(OH)–C–C–N with tert-alkyl or cyclic N) is 1. The number of benzene rings is 1. The summed E-state index contributed by atoms with van der Waals surface area (Å²) in [4.78, 5) is 72.8. The van der Waals surface area contributed by atoms with Gasteiger partial charge in [0.25, 0.3) is 5.91 Å². The Hall–Kier alpha value is -4.63. The highest BCUT2D eigenvalue weighted by molar-refractivity contribution is 7.13. The van der Waals surface area contributed by atoms with E-state index in [1.807, 2.05) is 90.1 Å². The topological polar surface area (TPSA) is 170 Å². The quantitative estimate of drug-likeness (QED) is 0.308. The Labute approximate surface area is 309 Å². The van der Waals surface area contributed by atoms with Gasteiger partial charge in [-0.2, -0.15) is 0 Å². The zero-order valence-corrected chi connectivity index (χ0v) is 32.0. The van der Waals surface area contributed by atoms with Crippen LogP contribution in [0.1, 0.15) is 82.7 Å². The zero-order chi connectivity index (χ0) is 38.0. The summed E-state index contributed by atoms with van der Waals surface area (Å²) < 4.78 is 5.47. The van der Waals surface area contributed by atoms with Gasteiger partial charge in [0.05, 0.1) is 40.6 Å². The van der Waals surface area contributed by atoms with Gasteiger partial charge in [0.15, 0.2) is 0 Å². The molecule has 4 amide bonds. The van der Waals surface area contributed by atoms with Gasteiger partial charge >= 0.3 is 6.09 Å². The molecule has 4 atom stereocenters. The molecule has 0 bridgehead atoms. The molecule has 15 heteroatoms. The van der Waals surface area contributed by atoms with Gasteiger partial charge in [-0.25, -0.2) is 19.7 Å². The van der Waals surface area contributed by atoms with Gasteiger partial charge in [-0.1, -0.05) is 45.0 Å². The predicted octanol–water partition coefficient (Wildman–Crippen LogP) is 3.95. The highest BCUT2D eigenvalue weighted by Crippen LogP contribution is 2.30. The molecule has 1 aromatic carbocycles. The number of likely N-dealkylation sites (tertiary alicyclic amines) is 1. The number of ether oxygens (including phenoxy) is 1. The maximum Gasteiger partial charge on any atom is 0.410 e. The van der Waals surface area contributed by atoms with Crippen LogP contribution >= 0.6 is 11.3 Å². The summed E-state index contributed by atoms with van der Waals surface area (Å²) in [6.07, 6.45) is 1.69. The molecule has 0 spiro atoms. The lowest BCUT2D eigenvalue weighted by Gasteiger charge is -2.36. The first-order chi connectivity index (χ1) is 24.4. The molecule has 14 nitrogen and oxygen atoms in total. The number of thiazole rings is 1. The van der Waals surface area contributed by atoms with Crippen molar-refractivity contribution in [3.63, 3.8) is 0 Å². The highest BCUT2D eigenvalue weighted by Gasteiger charge is 2.45. The number of piperazine rings is 1. The second kappa shape index (κ2) is 15.5. The van der Waals surface area contributed by atoms with Gasteiger partial charge in [-0.15, -0.1) is 11.3 Å². The Morgan fingerprint density at radius 3 is 2.17 bits per heavy atom. The first-order valence-electron chi connectivity index (χ1n) is 17.6. The lowest BCUT2D eigenvalue weighted by Crippen LogP contribution is -2.58. The second-order valence-corrected chi connectivity index (χ2v) is 16.4. The highest BCUT2D eigenvalue weighted by atomic mass is 32.1. The summed E-state index contributed by atoms with van der Waals surface area (Å²) in [5.41, 5.74) is 3.42. The number of hydrogen-bond donors (Lipinski definition) is 3. The van der Waals surface area contributed by atoms with Crippen molar-refractivity contribution < 1.29 is 29.0 Å². The third-order valence-electron chi connectivity index (χ3n) is 9.16. The molecule has 0 aliphatic carbocycles. The summed E-state index contributed by atoms with van der Waals surface area (Å²) in [7, 11) is 0. The number of nitrogens with zero attached hydrogens (tertiary/aromatic N) is 6. The fourth-order valence-corrected chi connectivity index (χ4v) is 7.08. The molecular weight excluding hydrogens is 685 g/mol. The van der Waals surface area contributed by atoms with Crippen LogP contribution in [0.15, 0.2) is 42.2 Å². The van der Waals surface area contributed by atoms with Crippen LogP contribution in [0.4, 0.5) is 10.6 Å². The van der Waals surface area contributed by atoms with Gasteiger partial charge in [0.1, 0.15) is 29.2 Å². The summed E-state index contributed by atoms with van der Waals surface area (Å²) in [5.74, 6) is -0.883. The smallest absolute Gasteiger partial charge is 0.410 e. The maximum atomic E-state index is 14.1. The first kappa shape index (κ1) is 38.6. The summed E-state index contributed by atoms with van der Waals surface area (Å²) >= 11 is 1.57. The Kier molecular flexibility index (Phi) is 11.5. The number of amides is 4. The van der Waals surface area contributed by atoms with Crippen LogP contribution in [-0.4, -0.2) is 110 Å². The summed E-state index contributed by atoms with van der Waals surface area (Å²) in [6.45, 7) is 16.7. The average Bonchev–Trinajstić information content (AvgIpc) is 3.71. The molecular formula is C37H50N8O6S. The SMILES string of the molecule is Cc1ncsc1-c1ccc([C@H](C)NC(=O)[C@@H]2C[C@@H](O)CN2C(=O)[C@@H](NC(=O)c2cnc(N3CCN(C(=O)OC(C)(C)C)CC3)cn2)C(C)(C)C)cc1. The Morgan fingerprint density at radius 2 is 1.62 bits per heavy atom. The molecule has 0 radical (unpaired) electrons. The van der Waals surface area contributed by atoms with Crippen molar-refractivity contribution in [1.29, 1.82) is 0 Å². The zero-order valence-electron chi connectivity index (χ0n) is 31.2. The third kappa shape index (κ3) is 9.23. The van der Waals surface area contributed by atoms with E-state index in [1.165, 1.54) is 17.3 Å². The van der Waals surface area contributed by atoms with E-state index in [0.717, 1.165) is 21.7 Å². The van der Waals surface area contributed by atoms with Crippen LogP contribution in [0.5, 0.6) is 0 Å². The number of rotatable bonds is 8. The van der Waals surface area contributed by atoms with Crippen molar-refractivity contribution in [2.45, 2.75) is 91.6 Å². The molecule has 4 heterocycles. The minimum absolute atomic E-state index is 0.0271. The summed E-state index contributed by atoms with van der Waals surface area (Å²) in [5, 5.41) is 16.5. The van der Waals surface area contributed by atoms with Gasteiger partial charge in [0.2, 0.25) is 11.8 Å². The summed E-state index contributed by atoms with van der Waals surface area (Å²) in [6, 6.07) is 5.61. The van der Waals surface area contributed by atoms with Crippen LogP contribution < -0.4 is 15.5 Å². The molecule has 5 rings (SSSR count). The predicted molar refractivity (Wildman–Crippen MR) is 198 cm³/mol. The number of aryl methyl sites for hydroxylation is 1. The van der Waals surface area contributed by atoms with E-state index in [0.29, 0.717) is 32.0 Å². The van der Waals surface area contributed by atoms with Crippen molar-refractivity contribution in [1.82, 2.24) is 35.4 Å². The average molecular weight is 735 g/mol. The maximum absolute atomic E-state index is 14.1. The number of aliphatic hydroxyl groups is 1. The van der Waals surface area contributed by atoms with E-state index < -0.39 is 41.0 Å². The minimum Gasteiger partial charge on any atom is -0.444 e. The third-order valence-corrected chi connectivity index (χ3v) is 10.1. The first-order valence-corrected chi connectivity index (χ1v) is 18.4. The van der Waals surface area contributed by atoms with E-state index in [4.69, 9.17) is 4.74 Å². The normalized spacial score (nSPS) is 19.2. The largest absolute Gasteiger partial charge is 0.444 e. The lowest BCUT2D eigenvalue weighted by molar-refractivity contribution is -0.142. The fraction of sp³-hybridized carbons (Fsp3) is 0.541. The molecule has 0 unspecified atom stereocenters. The van der Waals surface area contributed by atoms with Gasteiger partial charge < -0.3 is 35.2 Å². The van der Waals surface area contributed by atoms with Crippen molar-refractivity contribution in [3.8, 4) is 10.4 Å². The van der Waals surface area contributed by atoms with E-state index in [9.17, 15) is 24.3 Å². The van der Waals surface area contributed by atoms with Crippen LogP contribution in [0, 0.1) is 12.3 Å². The molecule has 2 fully saturated rings. The number of hydrogen-bond acceptors (Lipinski definition) is 11. The molecule has 0 saturated carbocycles. The van der Waals surface area contributed by atoms with Crippen molar-refractivity contribution >= 4 is 41.0 Å². The Morgan fingerprint density at radius 1 is 0.942 bits per heavy atom. The lowest BCUT2D eigenvalue weighted by atomic mass is 9.85. The monoisotopic (exact) mass is 734 g/mol. The Balaban J connectivity index is 1.21.